The van der Waals surface area contributed by atoms with Crippen molar-refractivity contribution >= 4 is 7.28 Å². The summed E-state index contributed by atoms with van der Waals surface area (Å²) in [6.07, 6.45) is 16.2. The molecule has 1 heterocycles. The van der Waals surface area contributed by atoms with Gasteiger partial charge in [-0.2, -0.15) is 0 Å². The first-order chi connectivity index (χ1) is 11.5. The fourth-order valence-electron chi connectivity index (χ4n) is 5.55. The zero-order valence-electron chi connectivity index (χ0n) is 17.2. The number of nitrogens with one attached hydrogen (secondary N) is 1. The molecule has 1 N–H and O–H groups in total. The van der Waals surface area contributed by atoms with Crippen molar-refractivity contribution in [1.29, 1.82) is 0 Å². The number of hydrogen-bond donors (Lipinski definition) is 1. The van der Waals surface area contributed by atoms with E-state index in [1.807, 2.05) is 0 Å². The van der Waals surface area contributed by atoms with Gasteiger partial charge in [-0.15, -0.1) is 0 Å². The second kappa shape index (κ2) is 10.2. The summed E-state index contributed by atoms with van der Waals surface area (Å²) in [4.78, 5) is 0. The van der Waals surface area contributed by atoms with E-state index >= 15 is 0 Å². The Hall–Kier alpha value is 0.0249. The lowest BCUT2D eigenvalue weighted by Gasteiger charge is -2.37. The maximum atomic E-state index is 3.71. The average Bonchev–Trinajstić information content (AvgIpc) is 2.57. The lowest BCUT2D eigenvalue weighted by molar-refractivity contribution is 0.368. The van der Waals surface area contributed by atoms with Gasteiger partial charge < -0.3 is 5.32 Å². The normalized spacial score (nSPS) is 36.8. The molecule has 0 aromatic rings. The van der Waals surface area contributed by atoms with E-state index in [0.29, 0.717) is 5.31 Å². The van der Waals surface area contributed by atoms with Crippen LogP contribution in [-0.2, 0) is 0 Å². The molecule has 0 amide bonds. The van der Waals surface area contributed by atoms with Crippen LogP contribution in [0.1, 0.15) is 98.3 Å². The Morgan fingerprint density at radius 2 is 1.25 bits per heavy atom. The highest BCUT2D eigenvalue weighted by molar-refractivity contribution is 6.42. The zero-order chi connectivity index (χ0) is 17.4. The Morgan fingerprint density at radius 3 is 1.83 bits per heavy atom. The summed E-state index contributed by atoms with van der Waals surface area (Å²) in [5, 5.41) is 4.33. The molecule has 140 valence electrons. The molecule has 1 nitrogen and oxygen atoms in total. The van der Waals surface area contributed by atoms with E-state index in [0.717, 1.165) is 23.6 Å². The van der Waals surface area contributed by atoms with Gasteiger partial charge in [0, 0.05) is 0 Å². The predicted octanol–water partition coefficient (Wildman–Crippen LogP) is 6.21. The van der Waals surface area contributed by atoms with Crippen molar-refractivity contribution in [3.8, 4) is 0 Å². The van der Waals surface area contributed by atoms with Crippen molar-refractivity contribution in [2.75, 3.05) is 13.1 Å². The Kier molecular flexibility index (Phi) is 8.68. The fourth-order valence-corrected chi connectivity index (χ4v) is 5.55. The summed E-state index contributed by atoms with van der Waals surface area (Å²) in [6.45, 7) is 12.6. The summed E-state index contributed by atoms with van der Waals surface area (Å²) in [5.74, 6) is 3.51. The summed E-state index contributed by atoms with van der Waals surface area (Å²) in [7, 11) is 1.49. The minimum Gasteiger partial charge on any atom is -0.316 e. The third-order valence-electron chi connectivity index (χ3n) is 7.09. The summed E-state index contributed by atoms with van der Waals surface area (Å²) >= 11 is 0. The molecule has 0 bridgehead atoms. The van der Waals surface area contributed by atoms with Crippen LogP contribution >= 0.6 is 0 Å². The molecule has 24 heavy (non-hydrogen) atoms. The summed E-state index contributed by atoms with van der Waals surface area (Å²) in [6, 6.07) is 0. The van der Waals surface area contributed by atoms with Gasteiger partial charge in [-0.25, -0.2) is 0 Å². The van der Waals surface area contributed by atoms with Gasteiger partial charge >= 0.3 is 0 Å². The number of rotatable bonds is 2. The molecule has 2 aliphatic rings. The molecule has 2 heteroatoms. The van der Waals surface area contributed by atoms with Crippen LogP contribution in [0.15, 0.2) is 0 Å². The fraction of sp³-hybridized carbons (Fsp3) is 1.00. The molecular weight excluding hydrogens is 289 g/mol. The van der Waals surface area contributed by atoms with E-state index in [1.165, 1.54) is 91.0 Å². The molecule has 1 aliphatic heterocycles. The Labute approximate surface area is 153 Å². The van der Waals surface area contributed by atoms with Gasteiger partial charge in [0.05, 0.1) is 0 Å². The smallest absolute Gasteiger partial charge is 0.131 e. The quantitative estimate of drug-likeness (QED) is 0.593. The maximum absolute atomic E-state index is 3.71. The molecule has 1 saturated heterocycles. The highest BCUT2D eigenvalue weighted by Gasteiger charge is 2.33. The third kappa shape index (κ3) is 7.10. The van der Waals surface area contributed by atoms with Crippen molar-refractivity contribution in [3.63, 3.8) is 0 Å². The Bertz CT molecular complexity index is 333. The van der Waals surface area contributed by atoms with Gasteiger partial charge in [0.2, 0.25) is 0 Å². The molecule has 1 saturated carbocycles. The lowest BCUT2D eigenvalue weighted by Crippen LogP contribution is -2.28. The van der Waals surface area contributed by atoms with Crippen LogP contribution in [0, 0.1) is 17.8 Å². The molecule has 0 spiro atoms. The van der Waals surface area contributed by atoms with E-state index in [-0.39, 0.29) is 0 Å². The van der Waals surface area contributed by atoms with Crippen molar-refractivity contribution < 1.29 is 0 Å². The van der Waals surface area contributed by atoms with Crippen molar-refractivity contribution in [2.45, 2.75) is 109 Å². The molecule has 2 fully saturated rings. The first-order valence-corrected chi connectivity index (χ1v) is 11.2. The van der Waals surface area contributed by atoms with E-state index < -0.39 is 0 Å². The van der Waals surface area contributed by atoms with Gasteiger partial charge in [0.25, 0.3) is 0 Å². The average molecular weight is 333 g/mol. The SMILES string of the molecule is CC1CNCC(C)CC(BC2(C)CCCCCCCCC2)C(C)C1. The van der Waals surface area contributed by atoms with E-state index in [1.54, 1.807) is 0 Å². The maximum Gasteiger partial charge on any atom is 0.131 e. The third-order valence-corrected chi connectivity index (χ3v) is 7.09. The minimum atomic E-state index is 0.612. The van der Waals surface area contributed by atoms with Crippen LogP contribution in [0.25, 0.3) is 0 Å². The molecule has 1 aliphatic carbocycles. The molecule has 4 atom stereocenters. The van der Waals surface area contributed by atoms with Crippen LogP contribution in [0.3, 0.4) is 0 Å². The van der Waals surface area contributed by atoms with Crippen molar-refractivity contribution in [3.05, 3.63) is 0 Å². The first kappa shape index (κ1) is 20.3. The molecule has 2 rings (SSSR count). The topological polar surface area (TPSA) is 12.0 Å². The zero-order valence-corrected chi connectivity index (χ0v) is 17.2. The molecular formula is C22H44BN. The summed E-state index contributed by atoms with van der Waals surface area (Å²) in [5.41, 5.74) is 0. The van der Waals surface area contributed by atoms with Crippen molar-refractivity contribution in [2.24, 2.45) is 17.8 Å². The molecule has 4 unspecified atom stereocenters. The van der Waals surface area contributed by atoms with Gasteiger partial charge in [0.1, 0.15) is 7.28 Å². The van der Waals surface area contributed by atoms with E-state index in [4.69, 9.17) is 0 Å². The Balaban J connectivity index is 2.01. The van der Waals surface area contributed by atoms with Crippen molar-refractivity contribution in [1.82, 2.24) is 5.32 Å². The monoisotopic (exact) mass is 333 g/mol. The minimum absolute atomic E-state index is 0.612. The molecule has 0 radical (unpaired) electrons. The molecule has 0 aromatic heterocycles. The largest absolute Gasteiger partial charge is 0.316 e. The second-order valence-corrected chi connectivity index (χ2v) is 10.1. The highest BCUT2D eigenvalue weighted by atomic mass is 14.9. The Morgan fingerprint density at radius 1 is 0.750 bits per heavy atom. The molecule has 0 aromatic carbocycles. The van der Waals surface area contributed by atoms with Crippen LogP contribution in [0.4, 0.5) is 0 Å². The van der Waals surface area contributed by atoms with E-state index in [9.17, 15) is 0 Å². The van der Waals surface area contributed by atoms with Gasteiger partial charge in [-0.3, -0.25) is 0 Å². The van der Waals surface area contributed by atoms with Gasteiger partial charge in [0.15, 0.2) is 0 Å². The first-order valence-electron chi connectivity index (χ1n) is 11.2. The van der Waals surface area contributed by atoms with Crippen LogP contribution < -0.4 is 5.32 Å². The summed E-state index contributed by atoms with van der Waals surface area (Å²) < 4.78 is 0. The van der Waals surface area contributed by atoms with Crippen LogP contribution in [0.2, 0.25) is 11.1 Å². The van der Waals surface area contributed by atoms with Crippen LogP contribution in [-0.4, -0.2) is 20.4 Å². The predicted molar refractivity (Wildman–Crippen MR) is 110 cm³/mol. The van der Waals surface area contributed by atoms with Gasteiger partial charge in [-0.05, 0) is 37.3 Å². The lowest BCUT2D eigenvalue weighted by atomic mass is 9.40. The highest BCUT2D eigenvalue weighted by Crippen LogP contribution is 2.45. The number of hydrogen-bond acceptors (Lipinski definition) is 1. The van der Waals surface area contributed by atoms with E-state index in [2.05, 4.69) is 33.0 Å². The second-order valence-electron chi connectivity index (χ2n) is 10.1. The van der Waals surface area contributed by atoms with Gasteiger partial charge in [-0.1, -0.05) is 103 Å². The standard InChI is InChI=1S/C22H44BN/c1-18-14-20(3)21(15-19(2)17-24-16-18)23-22(4)12-10-8-6-5-7-9-11-13-22/h18-21,23-24H,5-17H2,1-4H3. The van der Waals surface area contributed by atoms with Crippen LogP contribution in [0.5, 0.6) is 0 Å².